The first-order valence-electron chi connectivity index (χ1n) is 10.6. The highest BCUT2D eigenvalue weighted by molar-refractivity contribution is 6.30. The van der Waals surface area contributed by atoms with Crippen molar-refractivity contribution < 1.29 is 19.1 Å². The lowest BCUT2D eigenvalue weighted by Gasteiger charge is -2.37. The molecule has 1 unspecified atom stereocenters. The number of methoxy groups -OCH3 is 1. The average Bonchev–Trinajstić information content (AvgIpc) is 2.75. The molecule has 9 heteroatoms. The van der Waals surface area contributed by atoms with Crippen LogP contribution in [0, 0.1) is 5.92 Å². The highest BCUT2D eigenvalue weighted by Crippen LogP contribution is 2.13. The van der Waals surface area contributed by atoms with Crippen molar-refractivity contribution in [3.8, 4) is 0 Å². The quantitative estimate of drug-likeness (QED) is 0.523. The van der Waals surface area contributed by atoms with Crippen molar-refractivity contribution in [2.45, 2.75) is 26.3 Å². The summed E-state index contributed by atoms with van der Waals surface area (Å²) in [5.41, 5.74) is 0.462. The molecule has 1 aromatic rings. The molecule has 0 aliphatic carbocycles. The van der Waals surface area contributed by atoms with Crippen LogP contribution in [0.25, 0.3) is 0 Å². The number of ether oxygens (including phenoxy) is 1. The summed E-state index contributed by atoms with van der Waals surface area (Å²) in [5.74, 6) is -0.473. The fourth-order valence-electron chi connectivity index (χ4n) is 3.37. The summed E-state index contributed by atoms with van der Waals surface area (Å²) in [7, 11) is 1.63. The van der Waals surface area contributed by atoms with E-state index in [0.29, 0.717) is 56.5 Å². The maximum Gasteiger partial charge on any atom is 0.251 e. The average molecular weight is 453 g/mol. The molecule has 2 N–H and O–H groups in total. The van der Waals surface area contributed by atoms with Crippen molar-refractivity contribution in [2.24, 2.45) is 5.92 Å². The normalized spacial score (nSPS) is 15.6. The number of hydrogen-bond acceptors (Lipinski definition) is 5. The zero-order valence-electron chi connectivity index (χ0n) is 18.5. The van der Waals surface area contributed by atoms with Gasteiger partial charge in [-0.15, -0.1) is 0 Å². The molecule has 172 valence electrons. The molecule has 31 heavy (non-hydrogen) atoms. The number of carbonyl (C=O) groups is 3. The van der Waals surface area contributed by atoms with E-state index < -0.39 is 6.04 Å². The third-order valence-electron chi connectivity index (χ3n) is 5.22. The van der Waals surface area contributed by atoms with Crippen molar-refractivity contribution in [3.63, 3.8) is 0 Å². The van der Waals surface area contributed by atoms with Gasteiger partial charge in [0.1, 0.15) is 6.04 Å². The van der Waals surface area contributed by atoms with Crippen LogP contribution in [0.3, 0.4) is 0 Å². The van der Waals surface area contributed by atoms with Crippen molar-refractivity contribution in [2.75, 3.05) is 53.0 Å². The summed E-state index contributed by atoms with van der Waals surface area (Å²) in [6, 6.07) is 5.96. The lowest BCUT2D eigenvalue weighted by molar-refractivity contribution is -0.136. The van der Waals surface area contributed by atoms with Gasteiger partial charge in [-0.05, 0) is 36.6 Å². The largest absolute Gasteiger partial charge is 0.385 e. The van der Waals surface area contributed by atoms with Crippen LogP contribution in [-0.4, -0.2) is 86.5 Å². The Bertz CT molecular complexity index is 734. The van der Waals surface area contributed by atoms with E-state index in [-0.39, 0.29) is 23.6 Å². The van der Waals surface area contributed by atoms with Gasteiger partial charge in [0.05, 0.1) is 6.54 Å². The third kappa shape index (κ3) is 8.12. The fourth-order valence-corrected chi connectivity index (χ4v) is 3.49. The number of piperazine rings is 1. The predicted molar refractivity (Wildman–Crippen MR) is 120 cm³/mol. The van der Waals surface area contributed by atoms with Gasteiger partial charge in [0, 0.05) is 57.0 Å². The topological polar surface area (TPSA) is 91.0 Å². The predicted octanol–water partition coefficient (Wildman–Crippen LogP) is 1.39. The van der Waals surface area contributed by atoms with Gasteiger partial charge in [0.2, 0.25) is 11.8 Å². The Balaban J connectivity index is 1.83. The second-order valence-electron chi connectivity index (χ2n) is 8.00. The molecule has 0 saturated carbocycles. The smallest absolute Gasteiger partial charge is 0.251 e. The first kappa shape index (κ1) is 25.1. The molecule has 1 aliphatic rings. The van der Waals surface area contributed by atoms with Crippen molar-refractivity contribution in [3.05, 3.63) is 34.9 Å². The van der Waals surface area contributed by atoms with Crippen LogP contribution in [0.4, 0.5) is 0 Å². The minimum absolute atomic E-state index is 0.0221. The third-order valence-corrected chi connectivity index (χ3v) is 5.48. The Labute approximate surface area is 189 Å². The number of amides is 3. The van der Waals surface area contributed by atoms with Gasteiger partial charge in [-0.25, -0.2) is 0 Å². The van der Waals surface area contributed by atoms with Crippen LogP contribution in [0.1, 0.15) is 30.6 Å². The number of hydrogen-bond donors (Lipinski definition) is 2. The van der Waals surface area contributed by atoms with Gasteiger partial charge < -0.3 is 20.3 Å². The molecule has 1 heterocycles. The van der Waals surface area contributed by atoms with Gasteiger partial charge in [0.15, 0.2) is 0 Å². The monoisotopic (exact) mass is 452 g/mol. The summed E-state index contributed by atoms with van der Waals surface area (Å²) < 4.78 is 4.97. The van der Waals surface area contributed by atoms with E-state index in [9.17, 15) is 14.4 Å². The number of benzene rings is 1. The van der Waals surface area contributed by atoms with Crippen LogP contribution in [0.2, 0.25) is 5.02 Å². The Hall–Kier alpha value is -2.16. The van der Waals surface area contributed by atoms with Crippen LogP contribution < -0.4 is 10.6 Å². The summed E-state index contributed by atoms with van der Waals surface area (Å²) in [4.78, 5) is 41.5. The van der Waals surface area contributed by atoms with Crippen LogP contribution in [0.15, 0.2) is 24.3 Å². The highest BCUT2D eigenvalue weighted by atomic mass is 35.5. The minimum atomic E-state index is -0.612. The number of rotatable bonds is 10. The second kappa shape index (κ2) is 12.6. The summed E-state index contributed by atoms with van der Waals surface area (Å²) in [6.45, 7) is 7.63. The fraction of sp³-hybridized carbons (Fsp3) is 0.591. The Kier molecular flexibility index (Phi) is 10.2. The Morgan fingerprint density at radius 1 is 1.10 bits per heavy atom. The molecule has 0 bridgehead atoms. The first-order chi connectivity index (χ1) is 14.8. The van der Waals surface area contributed by atoms with E-state index >= 15 is 0 Å². The summed E-state index contributed by atoms with van der Waals surface area (Å²) in [6.07, 6.45) is 0.781. The lowest BCUT2D eigenvalue weighted by Crippen LogP contribution is -2.57. The van der Waals surface area contributed by atoms with Gasteiger partial charge in [-0.1, -0.05) is 25.4 Å². The molecule has 1 fully saturated rings. The molecule has 0 spiro atoms. The molecular weight excluding hydrogens is 420 g/mol. The molecule has 2 rings (SSSR count). The molecule has 3 amide bonds. The molecule has 0 radical (unpaired) electrons. The van der Waals surface area contributed by atoms with Gasteiger partial charge in [0.25, 0.3) is 5.91 Å². The molecule has 0 aromatic heterocycles. The van der Waals surface area contributed by atoms with E-state index in [0.717, 1.165) is 6.42 Å². The van der Waals surface area contributed by atoms with Crippen LogP contribution >= 0.6 is 11.6 Å². The van der Waals surface area contributed by atoms with E-state index in [1.807, 2.05) is 18.7 Å². The van der Waals surface area contributed by atoms with E-state index in [4.69, 9.17) is 16.3 Å². The van der Waals surface area contributed by atoms with Gasteiger partial charge >= 0.3 is 0 Å². The van der Waals surface area contributed by atoms with Crippen LogP contribution in [-0.2, 0) is 14.3 Å². The van der Waals surface area contributed by atoms with Crippen LogP contribution in [0.5, 0.6) is 0 Å². The SMILES string of the molecule is COCCCNC(=O)CN1CCN(C(=O)C(NC(=O)c2ccc(Cl)cc2)C(C)C)CC1. The molecule has 1 atom stereocenters. The molecule has 1 aliphatic heterocycles. The van der Waals surface area contributed by atoms with E-state index in [1.54, 1.807) is 36.3 Å². The van der Waals surface area contributed by atoms with Crippen molar-refractivity contribution in [1.82, 2.24) is 20.4 Å². The van der Waals surface area contributed by atoms with Gasteiger partial charge in [-0.3, -0.25) is 19.3 Å². The van der Waals surface area contributed by atoms with Gasteiger partial charge in [-0.2, -0.15) is 0 Å². The number of halogens is 1. The lowest BCUT2D eigenvalue weighted by atomic mass is 10.0. The number of carbonyl (C=O) groups excluding carboxylic acids is 3. The van der Waals surface area contributed by atoms with Crippen molar-refractivity contribution >= 4 is 29.3 Å². The number of nitrogens with one attached hydrogen (secondary N) is 2. The minimum Gasteiger partial charge on any atom is -0.385 e. The Morgan fingerprint density at radius 3 is 2.32 bits per heavy atom. The standard InChI is InChI=1S/C22H33ClN4O4/c1-16(2)20(25-21(29)17-5-7-18(23)8-6-17)22(30)27-12-10-26(11-13-27)15-19(28)24-9-4-14-31-3/h5-8,16,20H,4,9-15H2,1-3H3,(H,24,28)(H,25,29). The summed E-state index contributed by atoms with van der Waals surface area (Å²) >= 11 is 5.88. The zero-order chi connectivity index (χ0) is 22.8. The van der Waals surface area contributed by atoms with E-state index in [2.05, 4.69) is 10.6 Å². The molecule has 1 aromatic carbocycles. The molecular formula is C22H33ClN4O4. The molecule has 8 nitrogen and oxygen atoms in total. The summed E-state index contributed by atoms with van der Waals surface area (Å²) in [5, 5.41) is 6.29. The Morgan fingerprint density at radius 2 is 1.74 bits per heavy atom. The maximum absolute atomic E-state index is 13.1. The highest BCUT2D eigenvalue weighted by Gasteiger charge is 2.31. The van der Waals surface area contributed by atoms with Crippen molar-refractivity contribution in [1.29, 1.82) is 0 Å². The maximum atomic E-state index is 13.1. The number of nitrogens with zero attached hydrogens (tertiary/aromatic N) is 2. The molecule has 1 saturated heterocycles. The zero-order valence-corrected chi connectivity index (χ0v) is 19.3. The second-order valence-corrected chi connectivity index (χ2v) is 8.44. The van der Waals surface area contributed by atoms with E-state index in [1.165, 1.54) is 0 Å². The first-order valence-corrected chi connectivity index (χ1v) is 11.0.